The number of anilines is 1. The van der Waals surface area contributed by atoms with E-state index in [2.05, 4.69) is 44.0 Å². The van der Waals surface area contributed by atoms with Crippen molar-refractivity contribution in [2.24, 2.45) is 0 Å². The van der Waals surface area contributed by atoms with Crippen molar-refractivity contribution in [3.05, 3.63) is 58.8 Å². The van der Waals surface area contributed by atoms with Crippen LogP contribution in [-0.4, -0.2) is 25.3 Å². The molecule has 0 spiro atoms. The lowest BCUT2D eigenvalue weighted by Gasteiger charge is -2.10. The second-order valence-corrected chi connectivity index (χ2v) is 6.19. The number of fused-ring (bicyclic) bond motifs is 1. The molecule has 116 valence electrons. The zero-order chi connectivity index (χ0) is 16.3. The first-order valence-corrected chi connectivity index (χ1v) is 7.73. The third kappa shape index (κ3) is 3.53. The molecule has 3 nitrogen and oxygen atoms in total. The molecule has 3 heteroatoms. The maximum atomic E-state index is 6.98. The Morgan fingerprint density at radius 1 is 1.14 bits per heavy atom. The second kappa shape index (κ2) is 6.73. The summed E-state index contributed by atoms with van der Waals surface area (Å²) < 4.78 is 0. The maximum absolute atomic E-state index is 6.98. The van der Waals surface area contributed by atoms with Crippen LogP contribution in [0.2, 0.25) is 0 Å². The summed E-state index contributed by atoms with van der Waals surface area (Å²) in [5, 5.41) is 6.98. The molecule has 2 aromatic rings. The number of nitrogens with one attached hydrogen (secondary N) is 1. The van der Waals surface area contributed by atoms with Crippen LogP contribution >= 0.6 is 0 Å². The fraction of sp³-hybridized carbons (Fsp3) is 0.368. The lowest BCUT2D eigenvalue weighted by molar-refractivity contribution is 0.859. The molecule has 1 aromatic heterocycles. The van der Waals surface area contributed by atoms with E-state index in [1.54, 1.807) is 22.8 Å². The highest BCUT2D eigenvalue weighted by Crippen LogP contribution is 2.46. The first-order valence-electron chi connectivity index (χ1n) is 7.73. The largest absolute Gasteiger partial charge is 0.363 e. The highest BCUT2D eigenvalue weighted by atomic mass is 15.1. The van der Waals surface area contributed by atoms with Gasteiger partial charge in [-0.05, 0) is 34.7 Å². The molecule has 1 atom stereocenters. The van der Waals surface area contributed by atoms with Crippen LogP contribution < -0.4 is 4.90 Å². The van der Waals surface area contributed by atoms with Crippen LogP contribution in [0.25, 0.3) is 0 Å². The molecule has 22 heavy (non-hydrogen) atoms. The molecule has 0 bridgehead atoms. The average molecular weight is 295 g/mol. The molecule has 0 saturated carbocycles. The van der Waals surface area contributed by atoms with Crippen LogP contribution in [0.15, 0.2) is 36.4 Å². The normalized spacial score (nSPS) is 14.7. The number of aromatic nitrogens is 1. The fourth-order valence-corrected chi connectivity index (χ4v) is 2.63. The minimum Gasteiger partial charge on any atom is -0.363 e. The van der Waals surface area contributed by atoms with E-state index in [1.807, 2.05) is 31.1 Å². The maximum Gasteiger partial charge on any atom is 0.128 e. The van der Waals surface area contributed by atoms with Gasteiger partial charge in [0.05, 0.1) is 5.69 Å². The monoisotopic (exact) mass is 295 g/mol. The summed E-state index contributed by atoms with van der Waals surface area (Å²) >= 11 is 0. The molecule has 0 amide bonds. The topological polar surface area (TPSA) is 40.0 Å². The third-order valence-corrected chi connectivity index (χ3v) is 3.97. The molecule has 0 radical (unpaired) electrons. The van der Waals surface area contributed by atoms with Crippen LogP contribution in [0.3, 0.4) is 0 Å². The molecule has 1 N–H and O–H groups in total. The standard InChI is InChI=1S/C11H14.C8H11N3/c1-7(2)9-5-4-6-10-8(3)11(9)10;1-11(2)8-5-3-4-7(6-9)10-8/h4-8H,1-3H3;3-6,9H,1-2H3. The van der Waals surface area contributed by atoms with E-state index < -0.39 is 0 Å². The van der Waals surface area contributed by atoms with E-state index in [0.717, 1.165) is 11.7 Å². The SMILES string of the molecule is CC(C)c1cccc2c1C2C.CN(C)c1cccc(C=N)n1. The Labute approximate surface area is 133 Å². The third-order valence-electron chi connectivity index (χ3n) is 3.97. The van der Waals surface area contributed by atoms with Crippen LogP contribution in [0.5, 0.6) is 0 Å². The van der Waals surface area contributed by atoms with Gasteiger partial charge in [0.1, 0.15) is 5.82 Å². The van der Waals surface area contributed by atoms with Crippen LogP contribution in [0, 0.1) is 5.41 Å². The molecule has 1 unspecified atom stereocenters. The Bertz CT molecular complexity index is 659. The van der Waals surface area contributed by atoms with Crippen LogP contribution in [0.4, 0.5) is 5.82 Å². The van der Waals surface area contributed by atoms with E-state index in [-0.39, 0.29) is 0 Å². The number of nitrogens with zero attached hydrogens (tertiary/aromatic N) is 2. The molecular formula is C19H25N3. The van der Waals surface area contributed by atoms with Crippen LogP contribution in [-0.2, 0) is 0 Å². The summed E-state index contributed by atoms with van der Waals surface area (Å²) in [6, 6.07) is 12.3. The average Bonchev–Trinajstić information content (AvgIpc) is 3.19. The molecule has 1 aliphatic rings. The molecule has 1 aliphatic carbocycles. The molecule has 1 heterocycles. The minimum atomic E-state index is 0.690. The Balaban J connectivity index is 0.000000160. The van der Waals surface area contributed by atoms with Gasteiger partial charge in [-0.1, -0.05) is 45.0 Å². The quantitative estimate of drug-likeness (QED) is 0.851. The van der Waals surface area contributed by atoms with E-state index in [0.29, 0.717) is 11.6 Å². The van der Waals surface area contributed by atoms with Gasteiger partial charge in [0.25, 0.3) is 0 Å². The lowest BCUT2D eigenvalue weighted by atomic mass is 10.0. The zero-order valence-electron chi connectivity index (χ0n) is 14.1. The van der Waals surface area contributed by atoms with Crippen molar-refractivity contribution in [1.82, 2.24) is 4.98 Å². The van der Waals surface area contributed by atoms with Gasteiger partial charge in [-0.25, -0.2) is 4.98 Å². The van der Waals surface area contributed by atoms with Gasteiger partial charge in [-0.3, -0.25) is 0 Å². The van der Waals surface area contributed by atoms with Crippen molar-refractivity contribution in [2.75, 3.05) is 19.0 Å². The number of hydrogen-bond donors (Lipinski definition) is 1. The highest BCUT2D eigenvalue weighted by Gasteiger charge is 2.30. The summed E-state index contributed by atoms with van der Waals surface area (Å²) in [4.78, 5) is 6.08. The fourth-order valence-electron chi connectivity index (χ4n) is 2.63. The van der Waals surface area contributed by atoms with Gasteiger partial charge in [-0.15, -0.1) is 0 Å². The second-order valence-electron chi connectivity index (χ2n) is 6.19. The Morgan fingerprint density at radius 3 is 2.36 bits per heavy atom. The Kier molecular flexibility index (Phi) is 4.96. The van der Waals surface area contributed by atoms with Crippen molar-refractivity contribution in [3.63, 3.8) is 0 Å². The molecule has 0 fully saturated rings. The van der Waals surface area contributed by atoms with Gasteiger partial charge in [-0.2, -0.15) is 0 Å². The summed E-state index contributed by atoms with van der Waals surface area (Å²) in [5.41, 5.74) is 5.42. The molecular weight excluding hydrogens is 270 g/mol. The highest BCUT2D eigenvalue weighted by molar-refractivity contribution is 5.74. The Hall–Kier alpha value is -2.16. The number of rotatable bonds is 3. The first kappa shape index (κ1) is 16.2. The van der Waals surface area contributed by atoms with Crippen molar-refractivity contribution in [1.29, 1.82) is 5.41 Å². The van der Waals surface area contributed by atoms with Gasteiger partial charge in [0.15, 0.2) is 0 Å². The van der Waals surface area contributed by atoms with E-state index in [4.69, 9.17) is 5.41 Å². The van der Waals surface area contributed by atoms with Crippen molar-refractivity contribution < 1.29 is 0 Å². The van der Waals surface area contributed by atoms with E-state index >= 15 is 0 Å². The summed E-state index contributed by atoms with van der Waals surface area (Å²) in [7, 11) is 3.85. The van der Waals surface area contributed by atoms with Crippen LogP contribution in [0.1, 0.15) is 55.0 Å². The number of benzene rings is 1. The smallest absolute Gasteiger partial charge is 0.128 e. The zero-order valence-corrected chi connectivity index (χ0v) is 14.1. The molecule has 0 saturated heterocycles. The lowest BCUT2D eigenvalue weighted by Crippen LogP contribution is -2.10. The predicted octanol–water partition coefficient (Wildman–Crippen LogP) is 4.42. The summed E-state index contributed by atoms with van der Waals surface area (Å²) in [5.74, 6) is 2.32. The van der Waals surface area contributed by atoms with E-state index in [9.17, 15) is 0 Å². The molecule has 3 rings (SSSR count). The first-order chi connectivity index (χ1) is 10.5. The number of pyridine rings is 1. The predicted molar refractivity (Wildman–Crippen MR) is 94.5 cm³/mol. The van der Waals surface area contributed by atoms with Gasteiger partial charge in [0.2, 0.25) is 0 Å². The van der Waals surface area contributed by atoms with Gasteiger partial charge in [0, 0.05) is 26.2 Å². The Morgan fingerprint density at radius 2 is 1.82 bits per heavy atom. The minimum absolute atomic E-state index is 0.690. The van der Waals surface area contributed by atoms with Gasteiger partial charge < -0.3 is 10.3 Å². The van der Waals surface area contributed by atoms with Crippen molar-refractivity contribution in [2.45, 2.75) is 32.6 Å². The molecule has 0 aliphatic heterocycles. The van der Waals surface area contributed by atoms with Crippen molar-refractivity contribution >= 4 is 12.0 Å². The van der Waals surface area contributed by atoms with Crippen molar-refractivity contribution in [3.8, 4) is 0 Å². The summed E-state index contributed by atoms with van der Waals surface area (Å²) in [6.45, 7) is 6.82. The summed E-state index contributed by atoms with van der Waals surface area (Å²) in [6.07, 6.45) is 1.24. The molecule has 1 aromatic carbocycles. The number of hydrogen-bond acceptors (Lipinski definition) is 3. The van der Waals surface area contributed by atoms with Gasteiger partial charge >= 0.3 is 0 Å². The van der Waals surface area contributed by atoms with E-state index in [1.165, 1.54) is 6.21 Å².